The first-order chi connectivity index (χ1) is 3.72. The van der Waals surface area contributed by atoms with Crippen molar-refractivity contribution in [3.63, 3.8) is 0 Å². The molecule has 0 aliphatic heterocycles. The largest absolute Gasteiger partial charge is 0.382 e. The molecule has 2 N–H and O–H groups in total. The Labute approximate surface area is 56.8 Å². The molecule has 0 saturated heterocycles. The van der Waals surface area contributed by atoms with E-state index < -0.39 is 0 Å². The molecule has 0 bridgehead atoms. The minimum Gasteiger partial charge on any atom is -0.382 e. The molecule has 0 saturated carbocycles. The summed E-state index contributed by atoms with van der Waals surface area (Å²) < 4.78 is 0.597. The van der Waals surface area contributed by atoms with Crippen LogP contribution in [0, 0.1) is 0 Å². The summed E-state index contributed by atoms with van der Waals surface area (Å²) in [5.74, 6) is 0.424. The van der Waals surface area contributed by atoms with Gasteiger partial charge in [0.15, 0.2) is 5.84 Å². The molecule has 0 aromatic rings. The molecule has 8 heavy (non-hydrogen) atoms. The maximum absolute atomic E-state index is 5.30. The second-order valence-corrected chi connectivity index (χ2v) is 1.87. The Kier molecular flexibility index (Phi) is 3.43. The van der Waals surface area contributed by atoms with Gasteiger partial charge in [-0.05, 0) is 15.9 Å². The molecule has 4 heteroatoms. The Morgan fingerprint density at radius 1 is 1.38 bits per heavy atom. The monoisotopic (exact) mass is 177 g/mol. The Balaban J connectivity index is 4.04. The highest BCUT2D eigenvalue weighted by atomic mass is 79.9. The van der Waals surface area contributed by atoms with E-state index >= 15 is 0 Å². The van der Waals surface area contributed by atoms with Crippen molar-refractivity contribution in [1.82, 2.24) is 0 Å². The van der Waals surface area contributed by atoms with Crippen molar-refractivity contribution in [3.8, 4) is 0 Å². The fourth-order valence-electron chi connectivity index (χ4n) is 0.207. The van der Waals surface area contributed by atoms with Crippen LogP contribution >= 0.6 is 15.9 Å². The van der Waals surface area contributed by atoms with E-state index in [0.717, 1.165) is 0 Å². The van der Waals surface area contributed by atoms with E-state index in [-0.39, 0.29) is 0 Å². The molecule has 0 amide bonds. The molecule has 0 fully saturated rings. The smallest absolute Gasteiger partial charge is 0.151 e. The lowest BCUT2D eigenvalue weighted by Crippen LogP contribution is -2.18. The third-order valence-corrected chi connectivity index (χ3v) is 1.41. The number of amidine groups is 1. The first-order valence-corrected chi connectivity index (χ1v) is 2.86. The normalized spacial score (nSPS) is 14.4. The fourth-order valence-corrected chi connectivity index (χ4v) is 0.384. The Bertz CT molecular complexity index is 111. The van der Waals surface area contributed by atoms with E-state index in [0.29, 0.717) is 10.5 Å². The van der Waals surface area contributed by atoms with Crippen molar-refractivity contribution >= 4 is 26.4 Å². The number of aliphatic imine (C=N–C) groups is 2. The molecule has 0 atom stereocenters. The molecule has 0 radical (unpaired) electrons. The Hall–Kier alpha value is -0.380. The zero-order chi connectivity index (χ0) is 6.57. The van der Waals surface area contributed by atoms with Crippen LogP contribution in [0.4, 0.5) is 0 Å². The van der Waals surface area contributed by atoms with Crippen LogP contribution in [-0.2, 0) is 0 Å². The van der Waals surface area contributed by atoms with Gasteiger partial charge in [-0.15, -0.1) is 0 Å². The first-order valence-electron chi connectivity index (χ1n) is 2.07. The highest BCUT2D eigenvalue weighted by Crippen LogP contribution is 1.86. The average Bonchev–Trinajstić information content (AvgIpc) is 1.84. The van der Waals surface area contributed by atoms with Crippen molar-refractivity contribution in [3.05, 3.63) is 0 Å². The number of halogens is 1. The van der Waals surface area contributed by atoms with Crippen LogP contribution < -0.4 is 5.73 Å². The fraction of sp³-hybridized carbons (Fsp3) is 0.500. The van der Waals surface area contributed by atoms with Crippen molar-refractivity contribution in [2.75, 3.05) is 14.1 Å². The number of hydrogen-bond donors (Lipinski definition) is 1. The minimum atomic E-state index is 0.424. The minimum absolute atomic E-state index is 0.424. The number of nitrogens with two attached hydrogens (primary N) is 1. The van der Waals surface area contributed by atoms with Crippen LogP contribution in [0.5, 0.6) is 0 Å². The van der Waals surface area contributed by atoms with Gasteiger partial charge in [0.25, 0.3) is 0 Å². The second-order valence-electron chi connectivity index (χ2n) is 1.12. The summed E-state index contributed by atoms with van der Waals surface area (Å²) in [5, 5.41) is 0. The summed E-state index contributed by atoms with van der Waals surface area (Å²) in [6.45, 7) is 0. The van der Waals surface area contributed by atoms with Crippen molar-refractivity contribution in [1.29, 1.82) is 0 Å². The quantitative estimate of drug-likeness (QED) is 0.458. The van der Waals surface area contributed by atoms with Crippen molar-refractivity contribution in [2.45, 2.75) is 0 Å². The van der Waals surface area contributed by atoms with Gasteiger partial charge in [0.05, 0.1) is 0 Å². The SMILES string of the molecule is CN=C(N)C(Br)=NC. The molecule has 46 valence electrons. The van der Waals surface area contributed by atoms with E-state index in [9.17, 15) is 0 Å². The molecule has 0 rings (SSSR count). The van der Waals surface area contributed by atoms with Crippen LogP contribution in [-0.4, -0.2) is 24.6 Å². The maximum atomic E-state index is 5.30. The Morgan fingerprint density at radius 2 is 1.88 bits per heavy atom. The summed E-state index contributed by atoms with van der Waals surface area (Å²) in [7, 11) is 3.25. The van der Waals surface area contributed by atoms with Gasteiger partial charge >= 0.3 is 0 Å². The Morgan fingerprint density at radius 3 is 2.00 bits per heavy atom. The lowest BCUT2D eigenvalue weighted by molar-refractivity contribution is 1.41. The van der Waals surface area contributed by atoms with Gasteiger partial charge in [-0.3, -0.25) is 9.98 Å². The lowest BCUT2D eigenvalue weighted by atomic mass is 10.7. The van der Waals surface area contributed by atoms with Crippen molar-refractivity contribution < 1.29 is 0 Å². The highest BCUT2D eigenvalue weighted by Gasteiger charge is 1.92. The van der Waals surface area contributed by atoms with Gasteiger partial charge in [-0.1, -0.05) is 0 Å². The zero-order valence-electron chi connectivity index (χ0n) is 4.85. The van der Waals surface area contributed by atoms with Gasteiger partial charge in [0.1, 0.15) is 4.62 Å². The topological polar surface area (TPSA) is 50.7 Å². The number of hydrogen-bond acceptors (Lipinski definition) is 2. The van der Waals surface area contributed by atoms with Crippen LogP contribution in [0.2, 0.25) is 0 Å². The molecular formula is C4H8BrN3. The summed E-state index contributed by atoms with van der Waals surface area (Å²) in [6, 6.07) is 0. The molecule has 0 heterocycles. The first kappa shape index (κ1) is 7.62. The average molecular weight is 178 g/mol. The van der Waals surface area contributed by atoms with Gasteiger partial charge in [0.2, 0.25) is 0 Å². The lowest BCUT2D eigenvalue weighted by Gasteiger charge is -1.90. The molecule has 0 aromatic heterocycles. The third kappa shape index (κ3) is 2.07. The zero-order valence-corrected chi connectivity index (χ0v) is 6.44. The van der Waals surface area contributed by atoms with E-state index in [4.69, 9.17) is 5.73 Å². The molecule has 0 aliphatic carbocycles. The van der Waals surface area contributed by atoms with Crippen LogP contribution in [0.15, 0.2) is 9.98 Å². The number of nitrogens with zero attached hydrogens (tertiary/aromatic N) is 2. The molecular weight excluding hydrogens is 170 g/mol. The predicted octanol–water partition coefficient (Wildman–Crippen LogP) is 0.397. The highest BCUT2D eigenvalue weighted by molar-refractivity contribution is 9.19. The summed E-state index contributed by atoms with van der Waals surface area (Å²) in [4.78, 5) is 7.41. The molecule has 0 spiro atoms. The van der Waals surface area contributed by atoms with Gasteiger partial charge in [-0.2, -0.15) is 0 Å². The standard InChI is InChI=1S/C4H8BrN3/c1-7-3(5)4(6)8-2/h1-2H3,(H2,6,8). The van der Waals surface area contributed by atoms with Crippen LogP contribution in [0.3, 0.4) is 0 Å². The van der Waals surface area contributed by atoms with Crippen LogP contribution in [0.1, 0.15) is 0 Å². The van der Waals surface area contributed by atoms with Crippen LogP contribution in [0.25, 0.3) is 0 Å². The van der Waals surface area contributed by atoms with Gasteiger partial charge in [-0.25, -0.2) is 0 Å². The maximum Gasteiger partial charge on any atom is 0.151 e. The summed E-state index contributed by atoms with van der Waals surface area (Å²) in [5.41, 5.74) is 5.30. The molecule has 0 aromatic carbocycles. The molecule has 0 unspecified atom stereocenters. The molecule has 3 nitrogen and oxygen atoms in total. The van der Waals surface area contributed by atoms with E-state index in [1.807, 2.05) is 0 Å². The van der Waals surface area contributed by atoms with Crippen molar-refractivity contribution in [2.24, 2.45) is 15.7 Å². The van der Waals surface area contributed by atoms with E-state index in [1.165, 1.54) is 0 Å². The summed E-state index contributed by atoms with van der Waals surface area (Å²) in [6.07, 6.45) is 0. The third-order valence-electron chi connectivity index (χ3n) is 0.649. The van der Waals surface area contributed by atoms with E-state index in [1.54, 1.807) is 14.1 Å². The molecule has 0 aliphatic rings. The van der Waals surface area contributed by atoms with E-state index in [2.05, 4.69) is 25.9 Å². The van der Waals surface area contributed by atoms with Gasteiger partial charge < -0.3 is 5.73 Å². The number of rotatable bonds is 1. The summed E-state index contributed by atoms with van der Waals surface area (Å²) >= 11 is 3.10. The predicted molar refractivity (Wildman–Crippen MR) is 39.8 cm³/mol. The second kappa shape index (κ2) is 3.60. The van der Waals surface area contributed by atoms with Gasteiger partial charge in [0, 0.05) is 14.1 Å².